The fourth-order valence-corrected chi connectivity index (χ4v) is 2.11. The van der Waals surface area contributed by atoms with Gasteiger partial charge in [0, 0.05) is 16.2 Å². The number of hydrogen-bond acceptors (Lipinski definition) is 3. The minimum Gasteiger partial charge on any atom is -0.352 e. The first-order chi connectivity index (χ1) is 9.95. The summed E-state index contributed by atoms with van der Waals surface area (Å²) in [5, 5.41) is 5.76. The number of halogens is 1. The highest BCUT2D eigenvalue weighted by Gasteiger charge is 2.25. The van der Waals surface area contributed by atoms with Gasteiger partial charge in [0.1, 0.15) is 0 Å². The van der Waals surface area contributed by atoms with Crippen LogP contribution in [0.2, 0.25) is 0 Å². The first kappa shape index (κ1) is 16.0. The molecule has 1 fully saturated rings. The van der Waals surface area contributed by atoms with Gasteiger partial charge in [0.05, 0.1) is 12.6 Å². The second-order valence-electron chi connectivity index (χ2n) is 5.43. The summed E-state index contributed by atoms with van der Waals surface area (Å²) in [6.07, 6.45) is 2.13. The van der Waals surface area contributed by atoms with Gasteiger partial charge in [-0.2, -0.15) is 0 Å². The average Bonchev–Trinajstić information content (AvgIpc) is 3.24. The molecule has 0 unspecified atom stereocenters. The molecule has 2 N–H and O–H groups in total. The van der Waals surface area contributed by atoms with E-state index in [1.165, 1.54) is 0 Å². The minimum absolute atomic E-state index is 0.0247. The Kier molecular flexibility index (Phi) is 5.36. The molecule has 0 aromatic heterocycles. The van der Waals surface area contributed by atoms with Gasteiger partial charge in [0.2, 0.25) is 11.8 Å². The van der Waals surface area contributed by atoms with E-state index in [2.05, 4.69) is 26.6 Å². The third-order valence-electron chi connectivity index (χ3n) is 3.49. The molecule has 1 aliphatic rings. The predicted molar refractivity (Wildman–Crippen MR) is 86.0 cm³/mol. The third-order valence-corrected chi connectivity index (χ3v) is 4.02. The molecule has 0 heterocycles. The van der Waals surface area contributed by atoms with Crippen LogP contribution in [-0.2, 0) is 9.59 Å². The summed E-state index contributed by atoms with van der Waals surface area (Å²) in [6, 6.07) is 7.36. The van der Waals surface area contributed by atoms with Crippen molar-refractivity contribution >= 4 is 33.4 Å². The highest BCUT2D eigenvalue weighted by Crippen LogP contribution is 2.18. The number of amides is 2. The maximum Gasteiger partial charge on any atom is 0.241 e. The van der Waals surface area contributed by atoms with Gasteiger partial charge in [0.15, 0.2) is 0 Å². The van der Waals surface area contributed by atoms with E-state index in [1.807, 2.05) is 24.3 Å². The molecule has 0 saturated heterocycles. The van der Waals surface area contributed by atoms with E-state index in [0.29, 0.717) is 6.04 Å². The van der Waals surface area contributed by atoms with Crippen molar-refractivity contribution in [2.45, 2.75) is 31.8 Å². The number of benzene rings is 1. The van der Waals surface area contributed by atoms with Crippen LogP contribution in [-0.4, -0.2) is 42.4 Å². The molecule has 6 heteroatoms. The first-order valence-corrected chi connectivity index (χ1v) is 7.81. The van der Waals surface area contributed by atoms with Crippen LogP contribution in [0.1, 0.15) is 19.8 Å². The highest BCUT2D eigenvalue weighted by atomic mass is 79.9. The van der Waals surface area contributed by atoms with Crippen LogP contribution in [0, 0.1) is 0 Å². The van der Waals surface area contributed by atoms with Gasteiger partial charge in [0.25, 0.3) is 0 Å². The number of nitrogens with one attached hydrogen (secondary N) is 2. The zero-order valence-electron chi connectivity index (χ0n) is 12.2. The van der Waals surface area contributed by atoms with E-state index in [1.54, 1.807) is 18.9 Å². The van der Waals surface area contributed by atoms with Crippen molar-refractivity contribution in [2.75, 3.05) is 18.9 Å². The lowest BCUT2D eigenvalue weighted by molar-refractivity contribution is -0.124. The monoisotopic (exact) mass is 353 g/mol. The maximum atomic E-state index is 12.2. The Morgan fingerprint density at radius 1 is 1.33 bits per heavy atom. The van der Waals surface area contributed by atoms with E-state index >= 15 is 0 Å². The fraction of sp³-hybridized carbons (Fsp3) is 0.467. The largest absolute Gasteiger partial charge is 0.352 e. The number of hydrogen-bond donors (Lipinski definition) is 2. The Hall–Kier alpha value is -1.40. The maximum absolute atomic E-state index is 12.2. The van der Waals surface area contributed by atoms with Gasteiger partial charge < -0.3 is 10.6 Å². The molecule has 1 saturated carbocycles. The standard InChI is InChI=1S/C15H20BrN3O2/c1-10(19(2)9-14(20)17-12-7-8-12)15(21)18-13-5-3-11(16)4-6-13/h3-6,10,12H,7-9H2,1-2H3,(H,17,20)(H,18,21)/t10-/m0/s1. The SMILES string of the molecule is C[C@@H](C(=O)Nc1ccc(Br)cc1)N(C)CC(=O)NC1CC1. The third kappa shape index (κ3) is 5.13. The van der Waals surface area contributed by atoms with Crippen molar-refractivity contribution in [3.8, 4) is 0 Å². The lowest BCUT2D eigenvalue weighted by Gasteiger charge is -2.23. The van der Waals surface area contributed by atoms with Crippen LogP contribution in [0.15, 0.2) is 28.7 Å². The Morgan fingerprint density at radius 3 is 2.52 bits per heavy atom. The molecule has 2 amide bonds. The number of nitrogens with zero attached hydrogens (tertiary/aromatic N) is 1. The summed E-state index contributed by atoms with van der Waals surface area (Å²) >= 11 is 3.35. The second-order valence-corrected chi connectivity index (χ2v) is 6.34. The normalized spacial score (nSPS) is 15.6. The summed E-state index contributed by atoms with van der Waals surface area (Å²) in [7, 11) is 1.78. The first-order valence-electron chi connectivity index (χ1n) is 7.01. The molecule has 0 radical (unpaired) electrons. The Bertz CT molecular complexity index is 514. The van der Waals surface area contributed by atoms with E-state index < -0.39 is 0 Å². The zero-order chi connectivity index (χ0) is 15.4. The summed E-state index contributed by atoms with van der Waals surface area (Å²) in [5.41, 5.74) is 0.742. The molecule has 5 nitrogen and oxygen atoms in total. The Balaban J connectivity index is 1.82. The van der Waals surface area contributed by atoms with Crippen LogP contribution in [0.4, 0.5) is 5.69 Å². The minimum atomic E-state index is -0.376. The van der Waals surface area contributed by atoms with Gasteiger partial charge >= 0.3 is 0 Å². The molecule has 1 aliphatic carbocycles. The van der Waals surface area contributed by atoms with Gasteiger partial charge in [-0.25, -0.2) is 0 Å². The number of anilines is 1. The zero-order valence-corrected chi connectivity index (χ0v) is 13.8. The quantitative estimate of drug-likeness (QED) is 0.821. The molecular formula is C15H20BrN3O2. The number of carbonyl (C=O) groups excluding carboxylic acids is 2. The molecule has 0 spiro atoms. The molecule has 21 heavy (non-hydrogen) atoms. The van der Waals surface area contributed by atoms with Crippen LogP contribution >= 0.6 is 15.9 Å². The molecule has 114 valence electrons. The van der Waals surface area contributed by atoms with Gasteiger partial charge in [-0.05, 0) is 51.1 Å². The van der Waals surface area contributed by atoms with Crippen molar-refractivity contribution < 1.29 is 9.59 Å². The van der Waals surface area contributed by atoms with E-state index in [4.69, 9.17) is 0 Å². The van der Waals surface area contributed by atoms with Gasteiger partial charge in [-0.15, -0.1) is 0 Å². The van der Waals surface area contributed by atoms with Crippen molar-refractivity contribution in [2.24, 2.45) is 0 Å². The van der Waals surface area contributed by atoms with E-state index in [0.717, 1.165) is 23.0 Å². The molecule has 0 aliphatic heterocycles. The van der Waals surface area contributed by atoms with Gasteiger partial charge in [-0.1, -0.05) is 15.9 Å². The summed E-state index contributed by atoms with van der Waals surface area (Å²) in [4.78, 5) is 25.6. The Labute approximate surface area is 133 Å². The molecule has 1 atom stereocenters. The molecular weight excluding hydrogens is 334 g/mol. The smallest absolute Gasteiger partial charge is 0.241 e. The predicted octanol–water partition coefficient (Wildman–Crippen LogP) is 1.99. The van der Waals surface area contributed by atoms with E-state index in [-0.39, 0.29) is 24.4 Å². The lowest BCUT2D eigenvalue weighted by atomic mass is 10.2. The fourth-order valence-electron chi connectivity index (χ4n) is 1.84. The summed E-state index contributed by atoms with van der Waals surface area (Å²) in [5.74, 6) is -0.151. The molecule has 1 aromatic carbocycles. The summed E-state index contributed by atoms with van der Waals surface area (Å²) in [6.45, 7) is 2.02. The van der Waals surface area contributed by atoms with Crippen molar-refractivity contribution in [3.05, 3.63) is 28.7 Å². The van der Waals surface area contributed by atoms with Gasteiger partial charge in [-0.3, -0.25) is 14.5 Å². The topological polar surface area (TPSA) is 61.4 Å². The van der Waals surface area contributed by atoms with Crippen LogP contribution < -0.4 is 10.6 Å². The number of likely N-dealkylation sites (N-methyl/N-ethyl adjacent to an activating group) is 1. The average molecular weight is 354 g/mol. The van der Waals surface area contributed by atoms with Crippen molar-refractivity contribution in [3.63, 3.8) is 0 Å². The molecule has 0 bridgehead atoms. The molecule has 1 aromatic rings. The van der Waals surface area contributed by atoms with E-state index in [9.17, 15) is 9.59 Å². The number of rotatable bonds is 6. The Morgan fingerprint density at radius 2 is 1.95 bits per heavy atom. The highest BCUT2D eigenvalue weighted by molar-refractivity contribution is 9.10. The van der Waals surface area contributed by atoms with Crippen molar-refractivity contribution in [1.82, 2.24) is 10.2 Å². The lowest BCUT2D eigenvalue weighted by Crippen LogP contribution is -2.45. The van der Waals surface area contributed by atoms with Crippen molar-refractivity contribution in [1.29, 1.82) is 0 Å². The number of carbonyl (C=O) groups is 2. The molecule has 2 rings (SSSR count). The van der Waals surface area contributed by atoms with Crippen LogP contribution in [0.5, 0.6) is 0 Å². The second kappa shape index (κ2) is 7.04. The summed E-state index contributed by atoms with van der Waals surface area (Å²) < 4.78 is 0.961. The van der Waals surface area contributed by atoms with Crippen LogP contribution in [0.25, 0.3) is 0 Å². The van der Waals surface area contributed by atoms with Crippen LogP contribution in [0.3, 0.4) is 0 Å².